The van der Waals surface area contributed by atoms with Gasteiger partial charge in [0.05, 0.1) is 6.20 Å². The van der Waals surface area contributed by atoms with Crippen LogP contribution in [0.25, 0.3) is 0 Å². The third-order valence-corrected chi connectivity index (χ3v) is 5.11. The quantitative estimate of drug-likeness (QED) is 0.235. The van der Waals surface area contributed by atoms with Crippen molar-refractivity contribution in [1.29, 1.82) is 0 Å². The molecule has 1 aliphatic rings. The Balaban J connectivity index is 0.00000338. The van der Waals surface area contributed by atoms with Gasteiger partial charge in [-0.25, -0.2) is 0 Å². The van der Waals surface area contributed by atoms with E-state index in [1.165, 1.54) is 31.2 Å². The summed E-state index contributed by atoms with van der Waals surface area (Å²) in [7, 11) is 3.75. The van der Waals surface area contributed by atoms with Gasteiger partial charge in [-0.2, -0.15) is 5.10 Å². The van der Waals surface area contributed by atoms with Crippen LogP contribution >= 0.6 is 24.0 Å². The first-order valence-electron chi connectivity index (χ1n) is 9.66. The second-order valence-corrected chi connectivity index (χ2v) is 7.20. The third kappa shape index (κ3) is 7.82. The van der Waals surface area contributed by atoms with Gasteiger partial charge in [-0.05, 0) is 50.0 Å². The van der Waals surface area contributed by atoms with Crippen molar-refractivity contribution < 1.29 is 4.74 Å². The summed E-state index contributed by atoms with van der Waals surface area (Å²) in [5, 5.41) is 11.1. The van der Waals surface area contributed by atoms with E-state index in [1.54, 1.807) is 7.11 Å². The number of hydrogen-bond donors (Lipinski definition) is 2. The number of aliphatic imine (C=N–C) groups is 1. The zero-order chi connectivity index (χ0) is 18.0. The van der Waals surface area contributed by atoms with E-state index >= 15 is 0 Å². The molecular formula is C19H36IN5O. The van der Waals surface area contributed by atoms with Crippen LogP contribution < -0.4 is 10.6 Å². The zero-order valence-corrected chi connectivity index (χ0v) is 18.9. The molecule has 1 fully saturated rings. The van der Waals surface area contributed by atoms with Crippen LogP contribution in [-0.2, 0) is 18.2 Å². The number of methoxy groups -OCH3 is 1. The summed E-state index contributed by atoms with van der Waals surface area (Å²) in [4.78, 5) is 4.89. The van der Waals surface area contributed by atoms with Gasteiger partial charge in [0.1, 0.15) is 0 Å². The van der Waals surface area contributed by atoms with Gasteiger partial charge < -0.3 is 15.4 Å². The van der Waals surface area contributed by atoms with Crippen LogP contribution in [0.2, 0.25) is 0 Å². The Morgan fingerprint density at radius 3 is 2.73 bits per heavy atom. The van der Waals surface area contributed by atoms with E-state index in [1.807, 2.05) is 17.9 Å². The standard InChI is InChI=1S/C19H35N5O.HI/c1-4-20-18(21-12-7-8-17-14-23-24(2)15-17)22-16-19(11-13-25-3)9-5-6-10-19;/h14-15H,4-13,16H2,1-3H3,(H2,20,21,22);1H. The fourth-order valence-electron chi connectivity index (χ4n) is 3.62. The highest BCUT2D eigenvalue weighted by Gasteiger charge is 2.33. The Bertz CT molecular complexity index is 526. The molecule has 0 aromatic carbocycles. The maximum atomic E-state index is 5.32. The van der Waals surface area contributed by atoms with Crippen molar-refractivity contribution in [3.8, 4) is 0 Å². The van der Waals surface area contributed by atoms with Crippen molar-refractivity contribution in [2.45, 2.75) is 51.9 Å². The molecule has 150 valence electrons. The second kappa shape index (κ2) is 12.5. The number of nitrogens with zero attached hydrogens (tertiary/aromatic N) is 3. The van der Waals surface area contributed by atoms with Crippen molar-refractivity contribution in [3.63, 3.8) is 0 Å². The first-order chi connectivity index (χ1) is 12.2. The Morgan fingerprint density at radius 1 is 1.35 bits per heavy atom. The highest BCUT2D eigenvalue weighted by Crippen LogP contribution is 2.41. The number of aryl methyl sites for hydroxylation is 2. The maximum Gasteiger partial charge on any atom is 0.191 e. The Hall–Kier alpha value is -0.830. The summed E-state index contributed by atoms with van der Waals surface area (Å²) in [6.07, 6.45) is 12.5. The second-order valence-electron chi connectivity index (χ2n) is 7.20. The van der Waals surface area contributed by atoms with E-state index in [4.69, 9.17) is 9.73 Å². The summed E-state index contributed by atoms with van der Waals surface area (Å²) in [5.74, 6) is 0.942. The summed E-state index contributed by atoms with van der Waals surface area (Å²) in [5.41, 5.74) is 1.63. The lowest BCUT2D eigenvalue weighted by Gasteiger charge is -2.27. The minimum absolute atomic E-state index is 0. The summed E-state index contributed by atoms with van der Waals surface area (Å²) < 4.78 is 7.18. The monoisotopic (exact) mass is 477 g/mol. The molecule has 0 radical (unpaired) electrons. The number of aromatic nitrogens is 2. The molecule has 0 unspecified atom stereocenters. The van der Waals surface area contributed by atoms with Crippen LogP contribution in [0.5, 0.6) is 0 Å². The fourth-order valence-corrected chi connectivity index (χ4v) is 3.62. The van der Waals surface area contributed by atoms with Crippen LogP contribution in [0.1, 0.15) is 51.0 Å². The normalized spacial score (nSPS) is 16.3. The number of hydrogen-bond acceptors (Lipinski definition) is 3. The van der Waals surface area contributed by atoms with Gasteiger partial charge in [0.15, 0.2) is 5.96 Å². The molecule has 0 atom stereocenters. The fraction of sp³-hybridized carbons (Fsp3) is 0.789. The molecule has 0 saturated heterocycles. The molecular weight excluding hydrogens is 441 g/mol. The number of rotatable bonds is 10. The van der Waals surface area contributed by atoms with Gasteiger partial charge in [-0.15, -0.1) is 24.0 Å². The van der Waals surface area contributed by atoms with Crippen molar-refractivity contribution in [2.24, 2.45) is 17.5 Å². The van der Waals surface area contributed by atoms with E-state index in [-0.39, 0.29) is 24.0 Å². The number of nitrogens with one attached hydrogen (secondary N) is 2. The van der Waals surface area contributed by atoms with E-state index in [2.05, 4.69) is 28.9 Å². The van der Waals surface area contributed by atoms with E-state index in [9.17, 15) is 0 Å². The van der Waals surface area contributed by atoms with Gasteiger partial charge in [0.2, 0.25) is 0 Å². The lowest BCUT2D eigenvalue weighted by Crippen LogP contribution is -2.39. The van der Waals surface area contributed by atoms with Crippen molar-refractivity contribution >= 4 is 29.9 Å². The highest BCUT2D eigenvalue weighted by molar-refractivity contribution is 14.0. The number of guanidine groups is 1. The Morgan fingerprint density at radius 2 is 2.12 bits per heavy atom. The molecule has 0 aliphatic heterocycles. The van der Waals surface area contributed by atoms with Crippen LogP contribution in [0.3, 0.4) is 0 Å². The first kappa shape index (κ1) is 23.2. The Kier molecular flexibility index (Phi) is 11.2. The molecule has 6 nitrogen and oxygen atoms in total. The molecule has 7 heteroatoms. The summed E-state index contributed by atoms with van der Waals surface area (Å²) in [6, 6.07) is 0. The molecule has 0 bridgehead atoms. The van der Waals surface area contributed by atoms with E-state index in [0.29, 0.717) is 5.41 Å². The molecule has 1 aromatic heterocycles. The number of halogens is 1. The average molecular weight is 477 g/mol. The van der Waals surface area contributed by atoms with Crippen LogP contribution in [0, 0.1) is 5.41 Å². The minimum Gasteiger partial charge on any atom is -0.385 e. The number of ether oxygens (including phenoxy) is 1. The van der Waals surface area contributed by atoms with Crippen LogP contribution in [-0.4, -0.2) is 49.1 Å². The predicted molar refractivity (Wildman–Crippen MR) is 118 cm³/mol. The van der Waals surface area contributed by atoms with Crippen molar-refractivity contribution in [3.05, 3.63) is 18.0 Å². The molecule has 1 aromatic rings. The highest BCUT2D eigenvalue weighted by atomic mass is 127. The summed E-state index contributed by atoms with van der Waals surface area (Å²) >= 11 is 0. The smallest absolute Gasteiger partial charge is 0.191 e. The predicted octanol–water partition coefficient (Wildman–Crippen LogP) is 3.12. The van der Waals surface area contributed by atoms with E-state index < -0.39 is 0 Å². The Labute approximate surface area is 175 Å². The lowest BCUT2D eigenvalue weighted by atomic mass is 9.83. The van der Waals surface area contributed by atoms with Gasteiger partial charge >= 0.3 is 0 Å². The molecule has 1 saturated carbocycles. The van der Waals surface area contributed by atoms with E-state index in [0.717, 1.165) is 51.5 Å². The lowest BCUT2D eigenvalue weighted by molar-refractivity contribution is 0.141. The molecule has 2 N–H and O–H groups in total. The maximum absolute atomic E-state index is 5.32. The molecule has 1 aliphatic carbocycles. The van der Waals surface area contributed by atoms with Crippen molar-refractivity contribution in [1.82, 2.24) is 20.4 Å². The summed E-state index contributed by atoms with van der Waals surface area (Å²) in [6.45, 7) is 5.66. The van der Waals surface area contributed by atoms with Crippen LogP contribution in [0.15, 0.2) is 17.4 Å². The topological polar surface area (TPSA) is 63.5 Å². The van der Waals surface area contributed by atoms with Gasteiger partial charge in [0.25, 0.3) is 0 Å². The molecule has 2 rings (SSSR count). The molecule has 1 heterocycles. The first-order valence-corrected chi connectivity index (χ1v) is 9.66. The zero-order valence-electron chi connectivity index (χ0n) is 16.6. The van der Waals surface area contributed by atoms with Crippen LogP contribution in [0.4, 0.5) is 0 Å². The molecule has 0 amide bonds. The van der Waals surface area contributed by atoms with Gasteiger partial charge in [0, 0.05) is 46.6 Å². The largest absolute Gasteiger partial charge is 0.385 e. The molecule has 26 heavy (non-hydrogen) atoms. The van der Waals surface area contributed by atoms with Gasteiger partial charge in [-0.3, -0.25) is 9.67 Å². The minimum atomic E-state index is 0. The SMILES string of the molecule is CCNC(=NCC1(CCOC)CCCC1)NCCCc1cnn(C)c1.I. The van der Waals surface area contributed by atoms with Crippen molar-refractivity contribution in [2.75, 3.05) is 33.4 Å². The van der Waals surface area contributed by atoms with Gasteiger partial charge in [-0.1, -0.05) is 12.8 Å². The third-order valence-electron chi connectivity index (χ3n) is 5.11. The average Bonchev–Trinajstić information content (AvgIpc) is 3.24. The molecule has 0 spiro atoms.